The normalized spacial score (nSPS) is 16.4. The van der Waals surface area contributed by atoms with Crippen LogP contribution in [0.1, 0.15) is 11.3 Å². The van der Waals surface area contributed by atoms with E-state index in [1.165, 1.54) is 18.4 Å². The maximum atomic E-state index is 12.4. The van der Waals surface area contributed by atoms with Gasteiger partial charge in [0.1, 0.15) is 24.2 Å². The van der Waals surface area contributed by atoms with Gasteiger partial charge in [-0.15, -0.1) is 6.42 Å². The SMILES string of the molecule is C#Cc1cccc(OCC2CN(C(=O)CNC(=O)/C=C\c3ccco3)CCO2)c1. The first kappa shape index (κ1) is 20.2. The van der Waals surface area contributed by atoms with Crippen molar-refractivity contribution in [2.24, 2.45) is 0 Å². The van der Waals surface area contributed by atoms with E-state index in [4.69, 9.17) is 20.3 Å². The first-order chi connectivity index (χ1) is 14.1. The van der Waals surface area contributed by atoms with E-state index in [9.17, 15) is 9.59 Å². The minimum absolute atomic E-state index is 0.0842. The van der Waals surface area contributed by atoms with E-state index < -0.39 is 0 Å². The van der Waals surface area contributed by atoms with E-state index >= 15 is 0 Å². The van der Waals surface area contributed by atoms with E-state index in [1.807, 2.05) is 18.2 Å². The van der Waals surface area contributed by atoms with Crippen LogP contribution in [0, 0.1) is 12.3 Å². The molecule has 3 rings (SSSR count). The van der Waals surface area contributed by atoms with Crippen molar-refractivity contribution in [3.8, 4) is 18.1 Å². The van der Waals surface area contributed by atoms with Gasteiger partial charge in [0.15, 0.2) is 0 Å². The molecule has 150 valence electrons. The summed E-state index contributed by atoms with van der Waals surface area (Å²) in [4.78, 5) is 25.9. The maximum absolute atomic E-state index is 12.4. The Bertz CT molecular complexity index is 898. The van der Waals surface area contributed by atoms with Crippen LogP contribution in [0.2, 0.25) is 0 Å². The Kier molecular flexibility index (Phi) is 7.09. The van der Waals surface area contributed by atoms with Crippen LogP contribution in [0.25, 0.3) is 6.08 Å². The van der Waals surface area contributed by atoms with Gasteiger partial charge in [0.25, 0.3) is 0 Å². The molecular formula is C22H22N2O5. The third-order valence-corrected chi connectivity index (χ3v) is 4.28. The molecule has 2 heterocycles. The van der Waals surface area contributed by atoms with Crippen LogP contribution in [-0.2, 0) is 14.3 Å². The molecule has 2 aromatic rings. The van der Waals surface area contributed by atoms with Gasteiger partial charge in [0, 0.05) is 18.2 Å². The largest absolute Gasteiger partial charge is 0.491 e. The Morgan fingerprint density at radius 3 is 3.03 bits per heavy atom. The summed E-state index contributed by atoms with van der Waals surface area (Å²) < 4.78 is 16.5. The molecule has 0 spiro atoms. The predicted molar refractivity (Wildman–Crippen MR) is 107 cm³/mol. The highest BCUT2D eigenvalue weighted by atomic mass is 16.5. The van der Waals surface area contributed by atoms with E-state index in [0.29, 0.717) is 37.8 Å². The van der Waals surface area contributed by atoms with Crippen molar-refractivity contribution in [1.82, 2.24) is 10.2 Å². The quantitative estimate of drug-likeness (QED) is 0.571. The molecule has 1 aromatic heterocycles. The monoisotopic (exact) mass is 394 g/mol. The molecule has 1 saturated heterocycles. The number of hydrogen-bond donors (Lipinski definition) is 1. The molecule has 1 N–H and O–H groups in total. The van der Waals surface area contributed by atoms with Gasteiger partial charge in [0.2, 0.25) is 11.8 Å². The Morgan fingerprint density at radius 2 is 2.24 bits per heavy atom. The van der Waals surface area contributed by atoms with Crippen LogP contribution in [0.3, 0.4) is 0 Å². The summed E-state index contributed by atoms with van der Waals surface area (Å²) >= 11 is 0. The first-order valence-corrected chi connectivity index (χ1v) is 9.22. The van der Waals surface area contributed by atoms with Crippen molar-refractivity contribution in [3.63, 3.8) is 0 Å². The topological polar surface area (TPSA) is 81.0 Å². The summed E-state index contributed by atoms with van der Waals surface area (Å²) in [7, 11) is 0. The number of benzene rings is 1. The number of terminal acetylenes is 1. The van der Waals surface area contributed by atoms with Gasteiger partial charge in [-0.05, 0) is 36.4 Å². The van der Waals surface area contributed by atoms with Crippen LogP contribution in [0.15, 0.2) is 53.2 Å². The molecule has 1 fully saturated rings. The summed E-state index contributed by atoms with van der Waals surface area (Å²) in [6.45, 7) is 1.50. The molecule has 2 amide bonds. The summed E-state index contributed by atoms with van der Waals surface area (Å²) in [6, 6.07) is 10.7. The molecular weight excluding hydrogens is 372 g/mol. The van der Waals surface area contributed by atoms with Crippen LogP contribution in [0.5, 0.6) is 5.75 Å². The molecule has 29 heavy (non-hydrogen) atoms. The highest BCUT2D eigenvalue weighted by molar-refractivity contribution is 5.94. The molecule has 1 atom stereocenters. The molecule has 1 aliphatic rings. The van der Waals surface area contributed by atoms with Gasteiger partial charge < -0.3 is 24.1 Å². The van der Waals surface area contributed by atoms with Gasteiger partial charge in [-0.25, -0.2) is 0 Å². The number of rotatable bonds is 7. The fourth-order valence-electron chi connectivity index (χ4n) is 2.79. The van der Waals surface area contributed by atoms with Crippen LogP contribution in [-0.4, -0.2) is 55.7 Å². The molecule has 0 bridgehead atoms. The fraction of sp³-hybridized carbons (Fsp3) is 0.273. The number of carbonyl (C=O) groups is 2. The number of amides is 2. The standard InChI is InChI=1S/C22H22N2O5/c1-2-17-5-3-6-19(13-17)29-16-20-15-24(10-12-28-20)22(26)14-23-21(25)9-8-18-7-4-11-27-18/h1,3-9,11,13,20H,10,12,14-16H2,(H,23,25)/b9-8-. The Labute approximate surface area is 169 Å². The van der Waals surface area contributed by atoms with E-state index in [-0.39, 0.29) is 24.5 Å². The fourth-order valence-corrected chi connectivity index (χ4v) is 2.79. The van der Waals surface area contributed by atoms with Crippen molar-refractivity contribution in [3.05, 3.63) is 60.1 Å². The van der Waals surface area contributed by atoms with E-state index in [0.717, 1.165) is 5.56 Å². The highest BCUT2D eigenvalue weighted by Crippen LogP contribution is 2.14. The number of hydrogen-bond acceptors (Lipinski definition) is 5. The van der Waals surface area contributed by atoms with Crippen molar-refractivity contribution >= 4 is 17.9 Å². The van der Waals surface area contributed by atoms with Crippen molar-refractivity contribution in [2.45, 2.75) is 6.10 Å². The third kappa shape index (κ3) is 6.26. The first-order valence-electron chi connectivity index (χ1n) is 9.22. The van der Waals surface area contributed by atoms with Crippen LogP contribution >= 0.6 is 0 Å². The Balaban J connectivity index is 1.42. The lowest BCUT2D eigenvalue weighted by atomic mass is 10.2. The van der Waals surface area contributed by atoms with Crippen molar-refractivity contribution in [1.29, 1.82) is 0 Å². The molecule has 0 aliphatic carbocycles. The number of ether oxygens (including phenoxy) is 2. The summed E-state index contributed by atoms with van der Waals surface area (Å²) in [6.07, 6.45) is 9.52. The average Bonchev–Trinajstić information content (AvgIpc) is 3.28. The van der Waals surface area contributed by atoms with Gasteiger partial charge in [-0.2, -0.15) is 0 Å². The summed E-state index contributed by atoms with van der Waals surface area (Å²) in [5.74, 6) is 3.24. The second-order valence-electron chi connectivity index (χ2n) is 6.38. The second-order valence-corrected chi connectivity index (χ2v) is 6.38. The van der Waals surface area contributed by atoms with E-state index in [1.54, 1.807) is 23.1 Å². The van der Waals surface area contributed by atoms with Crippen LogP contribution in [0.4, 0.5) is 0 Å². The van der Waals surface area contributed by atoms with Crippen molar-refractivity contribution < 1.29 is 23.5 Å². The molecule has 0 saturated carbocycles. The van der Waals surface area contributed by atoms with Gasteiger partial charge in [-0.3, -0.25) is 9.59 Å². The minimum atomic E-state index is -0.365. The number of nitrogens with one attached hydrogen (secondary N) is 1. The number of nitrogens with zero attached hydrogens (tertiary/aromatic N) is 1. The number of carbonyl (C=O) groups excluding carboxylic acids is 2. The maximum Gasteiger partial charge on any atom is 0.244 e. The minimum Gasteiger partial charge on any atom is -0.491 e. The molecule has 7 heteroatoms. The third-order valence-electron chi connectivity index (χ3n) is 4.28. The lowest BCUT2D eigenvalue weighted by Crippen LogP contribution is -2.50. The Hall–Kier alpha value is -3.50. The zero-order valence-electron chi connectivity index (χ0n) is 15.9. The smallest absolute Gasteiger partial charge is 0.244 e. The number of furan rings is 1. The lowest BCUT2D eigenvalue weighted by molar-refractivity contribution is -0.140. The van der Waals surface area contributed by atoms with E-state index in [2.05, 4.69) is 11.2 Å². The molecule has 7 nitrogen and oxygen atoms in total. The predicted octanol–water partition coefficient (Wildman–Crippen LogP) is 1.70. The zero-order chi connectivity index (χ0) is 20.5. The van der Waals surface area contributed by atoms with Crippen LogP contribution < -0.4 is 10.1 Å². The second kappa shape index (κ2) is 10.2. The van der Waals surface area contributed by atoms with Gasteiger partial charge in [-0.1, -0.05) is 12.0 Å². The molecule has 0 radical (unpaired) electrons. The van der Waals surface area contributed by atoms with Crippen molar-refractivity contribution in [2.75, 3.05) is 32.8 Å². The molecule has 1 aromatic carbocycles. The summed E-state index contributed by atoms with van der Waals surface area (Å²) in [5.41, 5.74) is 0.737. The highest BCUT2D eigenvalue weighted by Gasteiger charge is 2.24. The van der Waals surface area contributed by atoms with Gasteiger partial charge >= 0.3 is 0 Å². The Morgan fingerprint density at radius 1 is 1.34 bits per heavy atom. The van der Waals surface area contributed by atoms with Gasteiger partial charge in [0.05, 0.1) is 26.0 Å². The molecule has 1 unspecified atom stereocenters. The lowest BCUT2D eigenvalue weighted by Gasteiger charge is -2.32. The summed E-state index contributed by atoms with van der Waals surface area (Å²) in [5, 5.41) is 2.58. The molecule has 1 aliphatic heterocycles. The average molecular weight is 394 g/mol. The zero-order valence-corrected chi connectivity index (χ0v) is 15.9. The number of morpholine rings is 1.